The summed E-state index contributed by atoms with van der Waals surface area (Å²) in [6.07, 6.45) is 5.65. The highest BCUT2D eigenvalue weighted by Crippen LogP contribution is 2.45. The van der Waals surface area contributed by atoms with Gasteiger partial charge in [-0.1, -0.05) is 42.8 Å². The van der Waals surface area contributed by atoms with Gasteiger partial charge in [0.15, 0.2) is 11.6 Å². The Labute approximate surface area is 193 Å². The minimum atomic E-state index is -0.497. The number of Topliss-reactive ketones (excluding diaryl/α,β-unsaturated/α-hetero) is 1. The highest BCUT2D eigenvalue weighted by molar-refractivity contribution is 5.94. The molecule has 6 nitrogen and oxygen atoms in total. The molecule has 0 bridgehead atoms. The second-order valence-electron chi connectivity index (χ2n) is 8.94. The molecule has 1 fully saturated rings. The molecule has 2 aromatic carbocycles. The number of nitrogens with zero attached hydrogens (tertiary/aromatic N) is 2. The van der Waals surface area contributed by atoms with Crippen LogP contribution in [0.4, 0.5) is 11.5 Å². The lowest BCUT2D eigenvalue weighted by molar-refractivity contribution is -0.151. The van der Waals surface area contributed by atoms with Crippen LogP contribution in [-0.2, 0) is 27.8 Å². The van der Waals surface area contributed by atoms with E-state index in [9.17, 15) is 9.59 Å². The lowest BCUT2D eigenvalue weighted by atomic mass is 9.64. The highest BCUT2D eigenvalue weighted by atomic mass is 16.5. The Bertz CT molecular complexity index is 1210. The maximum atomic E-state index is 12.4. The normalized spacial score (nSPS) is 15.9. The van der Waals surface area contributed by atoms with Gasteiger partial charge in [-0.05, 0) is 56.7 Å². The first-order valence-corrected chi connectivity index (χ1v) is 11.5. The maximum Gasteiger partial charge on any atom is 0.316 e. The Morgan fingerprint density at radius 3 is 2.27 bits per heavy atom. The number of ether oxygens (including phenoxy) is 1. The molecule has 5 rings (SSSR count). The van der Waals surface area contributed by atoms with Gasteiger partial charge < -0.3 is 10.1 Å². The Kier molecular flexibility index (Phi) is 5.44. The van der Waals surface area contributed by atoms with Crippen molar-refractivity contribution < 1.29 is 14.3 Å². The number of anilines is 2. The monoisotopic (exact) mass is 441 g/mol. The number of ketones is 1. The molecule has 0 atom stereocenters. The van der Waals surface area contributed by atoms with Crippen LogP contribution in [0.15, 0.2) is 48.5 Å². The van der Waals surface area contributed by atoms with Crippen molar-refractivity contribution in [2.75, 3.05) is 12.4 Å². The number of methoxy groups -OCH3 is 1. The summed E-state index contributed by atoms with van der Waals surface area (Å²) in [5, 5.41) is 3.48. The fourth-order valence-electron chi connectivity index (χ4n) is 4.86. The smallest absolute Gasteiger partial charge is 0.316 e. The van der Waals surface area contributed by atoms with E-state index in [-0.39, 0.29) is 11.8 Å². The van der Waals surface area contributed by atoms with Gasteiger partial charge >= 0.3 is 5.97 Å². The summed E-state index contributed by atoms with van der Waals surface area (Å²) in [4.78, 5) is 33.6. The molecule has 0 amide bonds. The number of fused-ring (bicyclic) bond motifs is 1. The second kappa shape index (κ2) is 8.43. The van der Waals surface area contributed by atoms with Crippen LogP contribution >= 0.6 is 0 Å². The molecule has 1 heterocycles. The van der Waals surface area contributed by atoms with Crippen molar-refractivity contribution in [3.8, 4) is 11.4 Å². The molecule has 1 N–H and O–H groups in total. The quantitative estimate of drug-likeness (QED) is 0.420. The molecular weight excluding hydrogens is 414 g/mol. The average Bonchev–Trinajstić information content (AvgIpc) is 3.28. The van der Waals surface area contributed by atoms with Crippen molar-refractivity contribution in [1.82, 2.24) is 9.97 Å². The van der Waals surface area contributed by atoms with E-state index in [4.69, 9.17) is 14.7 Å². The van der Waals surface area contributed by atoms with E-state index in [2.05, 4.69) is 5.32 Å². The van der Waals surface area contributed by atoms with E-state index >= 15 is 0 Å². The van der Waals surface area contributed by atoms with Crippen molar-refractivity contribution >= 4 is 23.3 Å². The summed E-state index contributed by atoms with van der Waals surface area (Å²) in [5.41, 5.74) is 5.23. The molecule has 0 spiro atoms. The van der Waals surface area contributed by atoms with Gasteiger partial charge in [0.05, 0.1) is 12.5 Å². The van der Waals surface area contributed by atoms with E-state index in [0.717, 1.165) is 72.4 Å². The molecule has 0 radical (unpaired) electrons. The van der Waals surface area contributed by atoms with Crippen LogP contribution in [0.3, 0.4) is 0 Å². The van der Waals surface area contributed by atoms with Crippen LogP contribution in [0.25, 0.3) is 11.4 Å². The summed E-state index contributed by atoms with van der Waals surface area (Å²) in [7, 11) is 1.46. The lowest BCUT2D eigenvalue weighted by Crippen LogP contribution is -2.43. The molecule has 168 valence electrons. The first-order valence-electron chi connectivity index (χ1n) is 11.5. The molecule has 2 aliphatic carbocycles. The van der Waals surface area contributed by atoms with E-state index in [1.54, 1.807) is 6.92 Å². The Balaban J connectivity index is 1.44. The van der Waals surface area contributed by atoms with Crippen LogP contribution in [-0.4, -0.2) is 28.8 Å². The summed E-state index contributed by atoms with van der Waals surface area (Å²) < 4.78 is 5.07. The van der Waals surface area contributed by atoms with E-state index in [0.29, 0.717) is 11.4 Å². The van der Waals surface area contributed by atoms with Gasteiger partial charge in [0.2, 0.25) is 0 Å². The molecule has 6 heteroatoms. The van der Waals surface area contributed by atoms with Gasteiger partial charge in [-0.25, -0.2) is 9.97 Å². The Hall–Kier alpha value is -3.54. The molecular formula is C27H27N3O3. The minimum absolute atomic E-state index is 0.0399. The number of aromatic nitrogens is 2. The summed E-state index contributed by atoms with van der Waals surface area (Å²) >= 11 is 0. The lowest BCUT2D eigenvalue weighted by Gasteiger charge is -2.39. The van der Waals surface area contributed by atoms with Crippen LogP contribution in [0.1, 0.15) is 59.8 Å². The molecule has 3 aromatic rings. The van der Waals surface area contributed by atoms with Gasteiger partial charge in [0.1, 0.15) is 5.82 Å². The molecule has 1 aromatic heterocycles. The molecule has 1 saturated carbocycles. The molecule has 0 unspecified atom stereocenters. The van der Waals surface area contributed by atoms with Gasteiger partial charge in [-0.2, -0.15) is 0 Å². The predicted octanol–water partition coefficient (Wildman–Crippen LogP) is 5.17. The van der Waals surface area contributed by atoms with Crippen molar-refractivity contribution in [2.45, 2.75) is 50.9 Å². The minimum Gasteiger partial charge on any atom is -0.468 e. The van der Waals surface area contributed by atoms with Crippen molar-refractivity contribution in [3.05, 3.63) is 70.9 Å². The van der Waals surface area contributed by atoms with Crippen LogP contribution in [0, 0.1) is 0 Å². The molecule has 0 saturated heterocycles. The zero-order chi connectivity index (χ0) is 23.0. The third kappa shape index (κ3) is 3.80. The molecule has 33 heavy (non-hydrogen) atoms. The fourth-order valence-corrected chi connectivity index (χ4v) is 4.86. The third-order valence-electron chi connectivity index (χ3n) is 6.97. The molecule has 0 aliphatic heterocycles. The van der Waals surface area contributed by atoms with E-state index in [1.807, 2.05) is 48.5 Å². The number of carbonyl (C=O) groups excluding carboxylic acids is 2. The van der Waals surface area contributed by atoms with Crippen LogP contribution in [0.5, 0.6) is 0 Å². The van der Waals surface area contributed by atoms with Crippen molar-refractivity contribution in [3.63, 3.8) is 0 Å². The van der Waals surface area contributed by atoms with Gasteiger partial charge in [0.25, 0.3) is 0 Å². The maximum absolute atomic E-state index is 12.4. The van der Waals surface area contributed by atoms with Gasteiger partial charge in [-0.3, -0.25) is 9.59 Å². The zero-order valence-electron chi connectivity index (χ0n) is 19.0. The largest absolute Gasteiger partial charge is 0.468 e. The van der Waals surface area contributed by atoms with Gasteiger partial charge in [-0.15, -0.1) is 0 Å². The van der Waals surface area contributed by atoms with Crippen molar-refractivity contribution in [2.24, 2.45) is 0 Å². The number of benzene rings is 2. The number of hydrogen-bond donors (Lipinski definition) is 1. The van der Waals surface area contributed by atoms with Crippen molar-refractivity contribution in [1.29, 1.82) is 0 Å². The predicted molar refractivity (Wildman–Crippen MR) is 127 cm³/mol. The number of rotatable bonds is 6. The van der Waals surface area contributed by atoms with E-state index in [1.165, 1.54) is 7.11 Å². The number of carbonyl (C=O) groups is 2. The second-order valence-corrected chi connectivity index (χ2v) is 8.94. The first kappa shape index (κ1) is 21.3. The van der Waals surface area contributed by atoms with Crippen LogP contribution < -0.4 is 5.32 Å². The van der Waals surface area contributed by atoms with Crippen LogP contribution in [0.2, 0.25) is 0 Å². The number of nitrogens with one attached hydrogen (secondary N) is 1. The number of esters is 1. The average molecular weight is 442 g/mol. The summed E-state index contributed by atoms with van der Waals surface area (Å²) in [5.74, 6) is 1.37. The summed E-state index contributed by atoms with van der Waals surface area (Å²) in [6, 6.07) is 15.5. The van der Waals surface area contributed by atoms with Gasteiger partial charge in [0, 0.05) is 28.1 Å². The summed E-state index contributed by atoms with van der Waals surface area (Å²) in [6.45, 7) is 1.56. The fraction of sp³-hybridized carbons (Fsp3) is 0.333. The third-order valence-corrected chi connectivity index (χ3v) is 6.97. The SMILES string of the molecule is COC(=O)C1(c2ccc(Nc3nc(-c4ccc(C(C)=O)cc4)nc4c3CCC4)cc2)CCC1. The standard InChI is InChI=1S/C27H27N3O3/c1-17(31)18-7-9-19(10-8-18)24-29-23-6-3-5-22(23)25(30-24)28-21-13-11-20(12-14-21)27(15-4-16-27)26(32)33-2/h7-14H,3-6,15-16H2,1-2H3,(H,28,29,30). The highest BCUT2D eigenvalue weighted by Gasteiger charge is 2.46. The topological polar surface area (TPSA) is 81.2 Å². The number of hydrogen-bond acceptors (Lipinski definition) is 6. The Morgan fingerprint density at radius 1 is 0.939 bits per heavy atom. The molecule has 2 aliphatic rings. The number of aryl methyl sites for hydroxylation is 1. The van der Waals surface area contributed by atoms with E-state index < -0.39 is 5.41 Å². The Morgan fingerprint density at radius 2 is 1.67 bits per heavy atom. The zero-order valence-corrected chi connectivity index (χ0v) is 19.0. The first-order chi connectivity index (χ1) is 16.0.